The topological polar surface area (TPSA) is 137 Å². The second kappa shape index (κ2) is 6.69. The molecule has 0 atom stereocenters. The van der Waals surface area contributed by atoms with E-state index in [1.54, 1.807) is 6.33 Å². The number of rotatable bonds is 6. The number of guanidine groups is 1. The van der Waals surface area contributed by atoms with Crippen molar-refractivity contribution in [1.82, 2.24) is 30.2 Å². The monoisotopic (exact) mass is 311 g/mol. The molecule has 5 N–H and O–H groups in total. The fraction of sp³-hybridized carbons (Fsp3) is 0.214. The number of nitrogens with two attached hydrogens (primary N) is 2. The van der Waals surface area contributed by atoms with Gasteiger partial charge in [0.1, 0.15) is 0 Å². The fourth-order valence-corrected chi connectivity index (χ4v) is 2.33. The van der Waals surface area contributed by atoms with Gasteiger partial charge in [-0.1, -0.05) is 24.3 Å². The summed E-state index contributed by atoms with van der Waals surface area (Å²) >= 11 is 0. The van der Waals surface area contributed by atoms with Crippen molar-refractivity contribution in [2.24, 2.45) is 16.5 Å². The van der Waals surface area contributed by atoms with Gasteiger partial charge in [0.25, 0.3) is 0 Å². The molecule has 0 radical (unpaired) electrons. The summed E-state index contributed by atoms with van der Waals surface area (Å²) < 4.78 is 2.06. The van der Waals surface area contributed by atoms with Gasteiger partial charge in [-0.05, 0) is 10.8 Å². The Bertz CT molecular complexity index is 784. The molecule has 0 bridgehead atoms. The molecule has 118 valence electrons. The quantitative estimate of drug-likeness (QED) is 0.430. The Kier molecular flexibility index (Phi) is 4.27. The number of benzene rings is 1. The van der Waals surface area contributed by atoms with E-state index in [0.29, 0.717) is 25.3 Å². The van der Waals surface area contributed by atoms with Crippen LogP contribution in [0.4, 0.5) is 0 Å². The summed E-state index contributed by atoms with van der Waals surface area (Å²) in [5.74, 6) is 0.668. The molecular formula is C14H17N9. The Balaban J connectivity index is 1.81. The molecule has 0 aliphatic carbocycles. The third-order valence-electron chi connectivity index (χ3n) is 3.41. The van der Waals surface area contributed by atoms with Crippen molar-refractivity contribution in [3.63, 3.8) is 0 Å². The minimum Gasteiger partial charge on any atom is -0.370 e. The van der Waals surface area contributed by atoms with Gasteiger partial charge >= 0.3 is 0 Å². The molecule has 0 aliphatic heterocycles. The van der Waals surface area contributed by atoms with E-state index in [1.807, 2.05) is 30.5 Å². The first-order chi connectivity index (χ1) is 11.2. The zero-order chi connectivity index (χ0) is 16.1. The number of hydrogen-bond acceptors (Lipinski definition) is 5. The minimum absolute atomic E-state index is 0.0958. The molecule has 3 rings (SSSR count). The lowest BCUT2D eigenvalue weighted by atomic mass is 10.1. The maximum Gasteiger partial charge on any atom is 0.205 e. The van der Waals surface area contributed by atoms with Crippen molar-refractivity contribution in [3.05, 3.63) is 48.0 Å². The van der Waals surface area contributed by atoms with Crippen LogP contribution in [0.5, 0.6) is 0 Å². The van der Waals surface area contributed by atoms with E-state index >= 15 is 0 Å². The maximum absolute atomic E-state index is 5.35. The Labute approximate surface area is 132 Å². The van der Waals surface area contributed by atoms with Gasteiger partial charge in [0.15, 0.2) is 5.96 Å². The van der Waals surface area contributed by atoms with Gasteiger partial charge < -0.3 is 16.0 Å². The smallest absolute Gasteiger partial charge is 0.205 e. The Morgan fingerprint density at radius 3 is 2.91 bits per heavy atom. The highest BCUT2D eigenvalue weighted by Gasteiger charge is 2.10. The number of tetrazole rings is 1. The molecule has 1 aromatic carbocycles. The van der Waals surface area contributed by atoms with Gasteiger partial charge in [-0.2, -0.15) is 5.21 Å². The first kappa shape index (κ1) is 14.7. The van der Waals surface area contributed by atoms with E-state index < -0.39 is 0 Å². The number of hydrogen-bond donors (Lipinski definition) is 3. The van der Waals surface area contributed by atoms with Crippen molar-refractivity contribution >= 4 is 5.96 Å². The van der Waals surface area contributed by atoms with Crippen LogP contribution in [-0.4, -0.2) is 42.7 Å². The summed E-state index contributed by atoms with van der Waals surface area (Å²) in [6.45, 7) is 1.18. The highest BCUT2D eigenvalue weighted by molar-refractivity contribution is 5.75. The SMILES string of the molecule is NC(N)=NCCc1cncn1Cc1ccccc1-c1nn[nH]n1. The average molecular weight is 311 g/mol. The maximum atomic E-state index is 5.35. The summed E-state index contributed by atoms with van der Waals surface area (Å²) in [6.07, 6.45) is 4.32. The number of aromatic nitrogens is 6. The molecule has 0 spiro atoms. The molecule has 0 saturated carbocycles. The van der Waals surface area contributed by atoms with Crippen LogP contribution in [0.1, 0.15) is 11.3 Å². The molecule has 23 heavy (non-hydrogen) atoms. The Morgan fingerprint density at radius 1 is 1.26 bits per heavy atom. The van der Waals surface area contributed by atoms with Crippen LogP contribution in [0.15, 0.2) is 41.8 Å². The molecule has 0 saturated heterocycles. The van der Waals surface area contributed by atoms with Crippen LogP contribution in [0.3, 0.4) is 0 Å². The predicted octanol–water partition coefficient (Wildman–Crippen LogP) is -0.0726. The zero-order valence-corrected chi connectivity index (χ0v) is 12.4. The van der Waals surface area contributed by atoms with E-state index in [4.69, 9.17) is 11.5 Å². The van der Waals surface area contributed by atoms with Gasteiger partial charge in [-0.25, -0.2) is 4.98 Å². The second-order valence-electron chi connectivity index (χ2n) is 4.96. The minimum atomic E-state index is 0.0958. The Hall–Kier alpha value is -3.23. The highest BCUT2D eigenvalue weighted by Crippen LogP contribution is 2.20. The average Bonchev–Trinajstić information content (AvgIpc) is 3.20. The normalized spacial score (nSPS) is 10.6. The summed E-state index contributed by atoms with van der Waals surface area (Å²) in [4.78, 5) is 8.22. The molecule has 2 aromatic heterocycles. The third kappa shape index (κ3) is 3.51. The number of H-pyrrole nitrogens is 1. The number of aromatic amines is 1. The number of imidazole rings is 1. The summed E-state index contributed by atoms with van der Waals surface area (Å²) in [6, 6.07) is 7.93. The molecule has 9 heteroatoms. The number of nitrogens with one attached hydrogen (secondary N) is 1. The third-order valence-corrected chi connectivity index (χ3v) is 3.41. The first-order valence-electron chi connectivity index (χ1n) is 7.10. The molecule has 0 amide bonds. The van der Waals surface area contributed by atoms with E-state index in [1.165, 1.54) is 0 Å². The predicted molar refractivity (Wildman–Crippen MR) is 85.3 cm³/mol. The van der Waals surface area contributed by atoms with Crippen molar-refractivity contribution < 1.29 is 0 Å². The molecule has 0 unspecified atom stereocenters. The summed E-state index contributed by atoms with van der Waals surface area (Å²) in [5, 5.41) is 14.2. The van der Waals surface area contributed by atoms with Crippen molar-refractivity contribution in [2.45, 2.75) is 13.0 Å². The van der Waals surface area contributed by atoms with E-state index in [9.17, 15) is 0 Å². The molecule has 2 heterocycles. The van der Waals surface area contributed by atoms with E-state index in [-0.39, 0.29) is 5.96 Å². The number of aliphatic imine (C=N–C) groups is 1. The molecule has 0 aliphatic rings. The van der Waals surface area contributed by atoms with Crippen LogP contribution in [0.25, 0.3) is 11.4 Å². The lowest BCUT2D eigenvalue weighted by Crippen LogP contribution is -2.23. The van der Waals surface area contributed by atoms with Crippen LogP contribution in [0, 0.1) is 0 Å². The van der Waals surface area contributed by atoms with Crippen LogP contribution >= 0.6 is 0 Å². The number of nitrogens with zero attached hydrogens (tertiary/aromatic N) is 6. The van der Waals surface area contributed by atoms with Crippen molar-refractivity contribution in [3.8, 4) is 11.4 Å². The van der Waals surface area contributed by atoms with Crippen molar-refractivity contribution in [2.75, 3.05) is 6.54 Å². The van der Waals surface area contributed by atoms with Crippen LogP contribution in [0.2, 0.25) is 0 Å². The van der Waals surface area contributed by atoms with Crippen LogP contribution in [-0.2, 0) is 13.0 Å². The Morgan fingerprint density at radius 2 is 2.13 bits per heavy atom. The zero-order valence-electron chi connectivity index (χ0n) is 12.4. The molecule has 0 fully saturated rings. The van der Waals surface area contributed by atoms with E-state index in [2.05, 4.69) is 35.2 Å². The van der Waals surface area contributed by atoms with Gasteiger partial charge in [0.2, 0.25) is 5.82 Å². The largest absolute Gasteiger partial charge is 0.370 e. The van der Waals surface area contributed by atoms with Crippen LogP contribution < -0.4 is 11.5 Å². The molecule has 3 aromatic rings. The van der Waals surface area contributed by atoms with Crippen molar-refractivity contribution in [1.29, 1.82) is 0 Å². The lowest BCUT2D eigenvalue weighted by molar-refractivity contribution is 0.733. The highest BCUT2D eigenvalue weighted by atomic mass is 15.5. The van der Waals surface area contributed by atoms with E-state index in [0.717, 1.165) is 16.8 Å². The summed E-state index contributed by atoms with van der Waals surface area (Å²) in [7, 11) is 0. The standard InChI is InChI=1S/C14H17N9/c15-14(16)18-6-5-11-7-17-9-23(11)8-10-3-1-2-4-12(10)13-19-21-22-20-13/h1-4,7,9H,5-6,8H2,(H4,15,16,18)(H,19,20,21,22). The lowest BCUT2D eigenvalue weighted by Gasteiger charge is -2.10. The van der Waals surface area contributed by atoms with Gasteiger partial charge in [-0.15, -0.1) is 10.2 Å². The van der Waals surface area contributed by atoms with Gasteiger partial charge in [0.05, 0.1) is 6.33 Å². The molecular weight excluding hydrogens is 294 g/mol. The fourth-order valence-electron chi connectivity index (χ4n) is 2.33. The molecule has 9 nitrogen and oxygen atoms in total. The van der Waals surface area contributed by atoms with Gasteiger partial charge in [0, 0.05) is 37.0 Å². The second-order valence-corrected chi connectivity index (χ2v) is 4.96. The summed E-state index contributed by atoms with van der Waals surface area (Å²) in [5.41, 5.74) is 13.8. The van der Waals surface area contributed by atoms with Gasteiger partial charge in [-0.3, -0.25) is 4.99 Å². The first-order valence-corrected chi connectivity index (χ1v) is 7.10.